The van der Waals surface area contributed by atoms with Crippen LogP contribution in [-0.2, 0) is 23.1 Å². The van der Waals surface area contributed by atoms with E-state index in [9.17, 15) is 18.4 Å². The maximum absolute atomic E-state index is 13.5. The second-order valence-electron chi connectivity index (χ2n) is 4.86. The van der Waals surface area contributed by atoms with Gasteiger partial charge in [-0.2, -0.15) is 5.10 Å². The minimum atomic E-state index is -1.03. The van der Waals surface area contributed by atoms with Gasteiger partial charge in [0, 0.05) is 14.2 Å². The number of aromatic nitrogens is 2. The Morgan fingerprint density at radius 1 is 1.25 bits per heavy atom. The molecular formula is C15H15F2N3O4. The van der Waals surface area contributed by atoms with Gasteiger partial charge in [0.2, 0.25) is 5.78 Å². The Balaban J connectivity index is 2.15. The third kappa shape index (κ3) is 3.40. The SMILES string of the molecule is COCc1nn(C)c(N)c1C(=O)OCC(=O)c1c(F)cccc1F. The summed E-state index contributed by atoms with van der Waals surface area (Å²) >= 11 is 0. The Labute approximate surface area is 136 Å². The molecule has 2 rings (SSSR count). The molecular weight excluding hydrogens is 324 g/mol. The summed E-state index contributed by atoms with van der Waals surface area (Å²) in [6.07, 6.45) is 0. The third-order valence-corrected chi connectivity index (χ3v) is 3.23. The fourth-order valence-electron chi connectivity index (χ4n) is 2.09. The van der Waals surface area contributed by atoms with Crippen LogP contribution in [0.15, 0.2) is 18.2 Å². The molecule has 1 heterocycles. The van der Waals surface area contributed by atoms with E-state index in [2.05, 4.69) is 5.10 Å². The molecule has 0 aliphatic heterocycles. The minimum absolute atomic E-state index is 0.00532. The van der Waals surface area contributed by atoms with Gasteiger partial charge in [-0.05, 0) is 12.1 Å². The molecule has 0 bridgehead atoms. The smallest absolute Gasteiger partial charge is 0.344 e. The van der Waals surface area contributed by atoms with E-state index in [1.807, 2.05) is 0 Å². The maximum Gasteiger partial charge on any atom is 0.344 e. The Kier molecular flexibility index (Phi) is 5.24. The van der Waals surface area contributed by atoms with Gasteiger partial charge >= 0.3 is 5.97 Å². The Hall–Kier alpha value is -2.81. The first-order valence-corrected chi connectivity index (χ1v) is 6.81. The lowest BCUT2D eigenvalue weighted by molar-refractivity contribution is 0.0469. The quantitative estimate of drug-likeness (QED) is 0.632. The fourth-order valence-corrected chi connectivity index (χ4v) is 2.09. The van der Waals surface area contributed by atoms with Crippen LogP contribution in [0.2, 0.25) is 0 Å². The van der Waals surface area contributed by atoms with Crippen LogP contribution in [0.5, 0.6) is 0 Å². The highest BCUT2D eigenvalue weighted by Crippen LogP contribution is 2.19. The standard InChI is InChI=1S/C15H15F2N3O4/c1-20-14(18)13(10(19-20)6-23-2)15(22)24-7-11(21)12-8(16)4-3-5-9(12)17/h3-5H,6-7,18H2,1-2H3. The molecule has 24 heavy (non-hydrogen) atoms. The number of carbonyl (C=O) groups is 2. The summed E-state index contributed by atoms with van der Waals surface area (Å²) < 4.78 is 38.0. The number of benzene rings is 1. The summed E-state index contributed by atoms with van der Waals surface area (Å²) in [7, 11) is 2.93. The van der Waals surface area contributed by atoms with Crippen molar-refractivity contribution in [3.05, 3.63) is 46.7 Å². The van der Waals surface area contributed by atoms with E-state index in [4.69, 9.17) is 15.2 Å². The molecule has 0 radical (unpaired) electrons. The zero-order valence-electron chi connectivity index (χ0n) is 13.0. The number of nitrogens with two attached hydrogens (primary N) is 1. The van der Waals surface area contributed by atoms with Crippen molar-refractivity contribution in [1.29, 1.82) is 0 Å². The Morgan fingerprint density at radius 2 is 1.88 bits per heavy atom. The number of nitrogens with zero attached hydrogens (tertiary/aromatic N) is 2. The molecule has 0 saturated carbocycles. The first-order chi connectivity index (χ1) is 11.4. The largest absolute Gasteiger partial charge is 0.454 e. The van der Waals surface area contributed by atoms with E-state index in [0.717, 1.165) is 18.2 Å². The van der Waals surface area contributed by atoms with Crippen molar-refractivity contribution in [3.8, 4) is 0 Å². The number of halogens is 2. The van der Waals surface area contributed by atoms with E-state index < -0.39 is 35.6 Å². The third-order valence-electron chi connectivity index (χ3n) is 3.23. The molecule has 2 aromatic rings. The van der Waals surface area contributed by atoms with Gasteiger partial charge in [0.05, 0.1) is 12.2 Å². The second kappa shape index (κ2) is 7.18. The van der Waals surface area contributed by atoms with Crippen molar-refractivity contribution in [1.82, 2.24) is 9.78 Å². The number of Topliss-reactive ketones (excluding diaryl/α,β-unsaturated/α-hetero) is 1. The van der Waals surface area contributed by atoms with Crippen molar-refractivity contribution >= 4 is 17.6 Å². The zero-order valence-corrected chi connectivity index (χ0v) is 13.0. The van der Waals surface area contributed by atoms with Crippen molar-refractivity contribution < 1.29 is 27.8 Å². The average Bonchev–Trinajstić information content (AvgIpc) is 2.80. The number of methoxy groups -OCH3 is 1. The van der Waals surface area contributed by atoms with Gasteiger partial charge in [-0.1, -0.05) is 6.07 Å². The fraction of sp³-hybridized carbons (Fsp3) is 0.267. The van der Waals surface area contributed by atoms with E-state index >= 15 is 0 Å². The number of ketones is 1. The Morgan fingerprint density at radius 3 is 2.46 bits per heavy atom. The van der Waals surface area contributed by atoms with Crippen molar-refractivity contribution in [2.24, 2.45) is 7.05 Å². The number of nitrogen functional groups attached to an aromatic ring is 1. The monoisotopic (exact) mass is 339 g/mol. The average molecular weight is 339 g/mol. The first kappa shape index (κ1) is 17.5. The molecule has 0 saturated heterocycles. The van der Waals surface area contributed by atoms with E-state index in [-0.39, 0.29) is 23.7 Å². The highest BCUT2D eigenvalue weighted by atomic mass is 19.1. The predicted octanol–water partition coefficient (Wildman–Crippen LogP) is 1.47. The molecule has 1 aromatic carbocycles. The molecule has 0 atom stereocenters. The number of rotatable bonds is 6. The number of anilines is 1. The normalized spacial score (nSPS) is 10.7. The summed E-state index contributed by atoms with van der Waals surface area (Å²) in [5.74, 6) is -3.97. The number of carbonyl (C=O) groups excluding carboxylic acids is 2. The van der Waals surface area contributed by atoms with Gasteiger partial charge in [0.15, 0.2) is 6.61 Å². The van der Waals surface area contributed by atoms with Gasteiger partial charge < -0.3 is 15.2 Å². The number of esters is 1. The van der Waals surface area contributed by atoms with E-state index in [1.54, 1.807) is 0 Å². The molecule has 0 aliphatic carbocycles. The summed E-state index contributed by atoms with van der Waals surface area (Å²) in [6.45, 7) is -0.831. The van der Waals surface area contributed by atoms with Crippen LogP contribution in [0.4, 0.5) is 14.6 Å². The lowest BCUT2D eigenvalue weighted by atomic mass is 10.1. The molecule has 128 valence electrons. The first-order valence-electron chi connectivity index (χ1n) is 6.81. The van der Waals surface area contributed by atoms with E-state index in [0.29, 0.717) is 0 Å². The maximum atomic E-state index is 13.5. The van der Waals surface area contributed by atoms with Crippen molar-refractivity contribution in [3.63, 3.8) is 0 Å². The van der Waals surface area contributed by atoms with Crippen LogP contribution in [0.3, 0.4) is 0 Å². The van der Waals surface area contributed by atoms with Crippen molar-refractivity contribution in [2.45, 2.75) is 6.61 Å². The molecule has 0 fully saturated rings. The topological polar surface area (TPSA) is 96.4 Å². The van der Waals surface area contributed by atoms with Crippen LogP contribution >= 0.6 is 0 Å². The van der Waals surface area contributed by atoms with Gasteiger partial charge in [0.25, 0.3) is 0 Å². The molecule has 7 nitrogen and oxygen atoms in total. The minimum Gasteiger partial charge on any atom is -0.454 e. The van der Waals surface area contributed by atoms with E-state index in [1.165, 1.54) is 18.8 Å². The number of aryl methyl sites for hydroxylation is 1. The number of ether oxygens (including phenoxy) is 2. The highest BCUT2D eigenvalue weighted by Gasteiger charge is 2.24. The zero-order chi connectivity index (χ0) is 17.9. The van der Waals surface area contributed by atoms with Crippen LogP contribution in [0.25, 0.3) is 0 Å². The molecule has 0 unspecified atom stereocenters. The van der Waals surface area contributed by atoms with Gasteiger partial charge in [-0.3, -0.25) is 9.48 Å². The van der Waals surface area contributed by atoms with Crippen LogP contribution in [0, 0.1) is 11.6 Å². The lowest BCUT2D eigenvalue weighted by Gasteiger charge is -2.07. The van der Waals surface area contributed by atoms with Gasteiger partial charge in [-0.15, -0.1) is 0 Å². The van der Waals surface area contributed by atoms with Crippen molar-refractivity contribution in [2.75, 3.05) is 19.5 Å². The lowest BCUT2D eigenvalue weighted by Crippen LogP contribution is -2.18. The second-order valence-corrected chi connectivity index (χ2v) is 4.86. The summed E-state index contributed by atoms with van der Waals surface area (Å²) in [5.41, 5.74) is 5.15. The van der Waals surface area contributed by atoms with Crippen LogP contribution in [0.1, 0.15) is 26.4 Å². The van der Waals surface area contributed by atoms with Gasteiger partial charge in [-0.25, -0.2) is 13.6 Å². The summed E-state index contributed by atoms with van der Waals surface area (Å²) in [5, 5.41) is 4.00. The number of hydrogen-bond acceptors (Lipinski definition) is 6. The molecule has 0 spiro atoms. The van der Waals surface area contributed by atoms with Crippen LogP contribution < -0.4 is 5.73 Å². The molecule has 2 N–H and O–H groups in total. The molecule has 9 heteroatoms. The molecule has 0 amide bonds. The highest BCUT2D eigenvalue weighted by molar-refractivity contribution is 6.01. The summed E-state index contributed by atoms with van der Waals surface area (Å²) in [6, 6.07) is 3.00. The summed E-state index contributed by atoms with van der Waals surface area (Å²) in [4.78, 5) is 24.0. The molecule has 0 aliphatic rings. The predicted molar refractivity (Wildman–Crippen MR) is 79.3 cm³/mol. The number of hydrogen-bond donors (Lipinski definition) is 1. The Bertz CT molecular complexity index is 769. The van der Waals surface area contributed by atoms with Crippen LogP contribution in [-0.4, -0.2) is 35.2 Å². The molecule has 1 aromatic heterocycles. The van der Waals surface area contributed by atoms with Gasteiger partial charge in [0.1, 0.15) is 28.7 Å².